The van der Waals surface area contributed by atoms with Crippen LogP contribution in [-0.4, -0.2) is 21.1 Å². The molecule has 2 bridgehead atoms. The molecule has 2 aromatic rings. The second kappa shape index (κ2) is 9.69. The van der Waals surface area contributed by atoms with Crippen LogP contribution in [0.4, 0.5) is 0 Å². The number of rotatable bonds is 4. The Morgan fingerprint density at radius 3 is 2.32 bits per heavy atom. The Hall–Kier alpha value is -3.12. The summed E-state index contributed by atoms with van der Waals surface area (Å²) in [6.45, 7) is 16.8. The molecule has 1 heterocycles. The number of fused-ring (bicyclic) bond motifs is 6. The molecule has 4 aliphatic rings. The molecular weight excluding hydrogens is 552 g/mol. The zero-order chi connectivity index (χ0) is 32.2. The highest BCUT2D eigenvalue weighted by atomic mass is 16.3. The Morgan fingerprint density at radius 2 is 1.66 bits per heavy atom. The molecule has 6 rings (SSSR count). The number of Topliss-reactive ketones (excluding diaryl/α,β-unsaturated/α-hetero) is 1. The number of hydrogen-bond donors (Lipinski definition) is 3. The van der Waals surface area contributed by atoms with Crippen molar-refractivity contribution in [3.8, 4) is 11.5 Å². The predicted octanol–water partition coefficient (Wildman–Crippen LogP) is 8.11. The average Bonchev–Trinajstić information content (AvgIpc) is 2.90. The summed E-state index contributed by atoms with van der Waals surface area (Å²) in [6, 6.07) is 2.48. The first-order valence-corrected chi connectivity index (χ1v) is 16.2. The SMILES string of the molecule is CC(C)=CC[C@H]1C[C@]23C[C@@H]4CC=C(C)C[C@]4(C)C[C@@]2(O)c2c(oc4cc(O)c(O)cc4c2=O)[C@@](CC=C(C)C)(C3=O)C1(C)C. The van der Waals surface area contributed by atoms with Crippen LogP contribution in [0.5, 0.6) is 11.5 Å². The molecule has 44 heavy (non-hydrogen) atoms. The molecule has 2 saturated carbocycles. The number of hydrogen-bond acceptors (Lipinski definition) is 6. The highest BCUT2D eigenvalue weighted by molar-refractivity contribution is 6.01. The van der Waals surface area contributed by atoms with E-state index in [9.17, 15) is 20.1 Å². The Kier molecular flexibility index (Phi) is 6.80. The van der Waals surface area contributed by atoms with Gasteiger partial charge in [0, 0.05) is 6.07 Å². The number of ketones is 1. The van der Waals surface area contributed by atoms with E-state index < -0.39 is 38.8 Å². The smallest absolute Gasteiger partial charge is 0.199 e. The van der Waals surface area contributed by atoms with Crippen LogP contribution < -0.4 is 5.43 Å². The third-order valence-electron chi connectivity index (χ3n) is 12.4. The van der Waals surface area contributed by atoms with E-state index >= 15 is 4.79 Å². The summed E-state index contributed by atoms with van der Waals surface area (Å²) in [6.07, 6.45) is 10.6. The van der Waals surface area contributed by atoms with Crippen molar-refractivity contribution in [1.29, 1.82) is 0 Å². The fourth-order valence-corrected chi connectivity index (χ4v) is 9.89. The standard InChI is InChI=1S/C38H48O6/c1-21(2)9-11-24-18-36-19-25-12-10-23(5)17-35(25,8)20-38(36,43)30-31(41)26-15-27(39)28(40)16-29(26)44-32(30)37(33(36)42,34(24,6)7)14-13-22(3)4/h9-10,13,15-16,24-25,39-40,43H,11-12,14,17-20H2,1-8H3/t24-,25-,35+,36+,37-,38+/m0/s1. The molecule has 236 valence electrons. The fourth-order valence-electron chi connectivity index (χ4n) is 9.89. The molecule has 0 unspecified atom stereocenters. The maximum absolute atomic E-state index is 15.7. The van der Waals surface area contributed by atoms with Crippen LogP contribution in [0.1, 0.15) is 112 Å². The molecule has 1 aromatic heterocycles. The van der Waals surface area contributed by atoms with E-state index in [2.05, 4.69) is 59.8 Å². The Labute approximate surface area is 260 Å². The summed E-state index contributed by atoms with van der Waals surface area (Å²) in [5.74, 6) is -0.399. The first kappa shape index (κ1) is 30.9. The lowest BCUT2D eigenvalue weighted by Crippen LogP contribution is -2.74. The van der Waals surface area contributed by atoms with Gasteiger partial charge in [-0.3, -0.25) is 9.59 Å². The van der Waals surface area contributed by atoms with Gasteiger partial charge in [-0.1, -0.05) is 55.7 Å². The number of carbonyl (C=O) groups is 1. The van der Waals surface area contributed by atoms with Crippen LogP contribution in [0.3, 0.4) is 0 Å². The van der Waals surface area contributed by atoms with E-state index in [-0.39, 0.29) is 51.7 Å². The summed E-state index contributed by atoms with van der Waals surface area (Å²) in [7, 11) is 0. The van der Waals surface area contributed by atoms with Gasteiger partial charge in [-0.05, 0) is 108 Å². The van der Waals surface area contributed by atoms with Crippen LogP contribution in [0, 0.1) is 28.1 Å². The van der Waals surface area contributed by atoms with Crippen LogP contribution >= 0.6 is 0 Å². The minimum absolute atomic E-state index is 0.0187. The van der Waals surface area contributed by atoms with E-state index in [1.807, 2.05) is 13.8 Å². The van der Waals surface area contributed by atoms with Crippen molar-refractivity contribution in [2.45, 2.75) is 111 Å². The predicted molar refractivity (Wildman–Crippen MR) is 173 cm³/mol. The monoisotopic (exact) mass is 600 g/mol. The van der Waals surface area contributed by atoms with Gasteiger partial charge in [0.2, 0.25) is 0 Å². The molecule has 1 aromatic carbocycles. The highest BCUT2D eigenvalue weighted by Gasteiger charge is 2.78. The third-order valence-corrected chi connectivity index (χ3v) is 12.4. The number of benzene rings is 1. The zero-order valence-electron chi connectivity index (χ0n) is 27.6. The molecule has 6 heteroatoms. The third kappa shape index (κ3) is 3.88. The van der Waals surface area contributed by atoms with Crippen molar-refractivity contribution in [3.05, 3.63) is 68.6 Å². The van der Waals surface area contributed by atoms with Crippen LogP contribution in [0.2, 0.25) is 0 Å². The lowest BCUT2D eigenvalue weighted by molar-refractivity contribution is -0.227. The molecule has 0 saturated heterocycles. The minimum Gasteiger partial charge on any atom is -0.504 e. The van der Waals surface area contributed by atoms with Gasteiger partial charge in [-0.2, -0.15) is 0 Å². The fraction of sp³-hybridized carbons (Fsp3) is 0.579. The molecule has 1 spiro atoms. The maximum atomic E-state index is 15.7. The molecular formula is C38H48O6. The second-order valence-electron chi connectivity index (χ2n) is 16.0. The van der Waals surface area contributed by atoms with E-state index in [0.717, 1.165) is 24.8 Å². The molecule has 0 amide bonds. The number of allylic oxidation sites excluding steroid dienone is 6. The summed E-state index contributed by atoms with van der Waals surface area (Å²) in [4.78, 5) is 30.5. The van der Waals surface area contributed by atoms with Crippen LogP contribution in [0.15, 0.2) is 56.3 Å². The van der Waals surface area contributed by atoms with E-state index in [4.69, 9.17) is 4.42 Å². The number of aromatic hydroxyl groups is 2. The Bertz CT molecular complexity index is 1730. The molecule has 6 nitrogen and oxygen atoms in total. The highest BCUT2D eigenvalue weighted by Crippen LogP contribution is 2.74. The van der Waals surface area contributed by atoms with Gasteiger partial charge >= 0.3 is 0 Å². The Morgan fingerprint density at radius 1 is 1.00 bits per heavy atom. The first-order chi connectivity index (χ1) is 20.4. The maximum Gasteiger partial charge on any atom is 0.199 e. The summed E-state index contributed by atoms with van der Waals surface area (Å²) in [5.41, 5.74) is -1.73. The van der Waals surface area contributed by atoms with Gasteiger partial charge in [0.05, 0.1) is 21.8 Å². The zero-order valence-corrected chi connectivity index (χ0v) is 27.6. The minimum atomic E-state index is -1.75. The number of phenols is 2. The summed E-state index contributed by atoms with van der Waals surface area (Å²) in [5, 5.41) is 34.3. The van der Waals surface area contributed by atoms with Gasteiger partial charge in [-0.15, -0.1) is 0 Å². The second-order valence-corrected chi connectivity index (χ2v) is 16.0. The van der Waals surface area contributed by atoms with Gasteiger partial charge < -0.3 is 19.7 Å². The van der Waals surface area contributed by atoms with Crippen molar-refractivity contribution >= 4 is 16.8 Å². The van der Waals surface area contributed by atoms with Gasteiger partial charge in [0.15, 0.2) is 22.7 Å². The summed E-state index contributed by atoms with van der Waals surface area (Å²) >= 11 is 0. The lowest BCUT2D eigenvalue weighted by atomic mass is 9.33. The normalized spacial score (nSPS) is 35.2. The molecule has 3 N–H and O–H groups in total. The average molecular weight is 601 g/mol. The van der Waals surface area contributed by atoms with E-state index in [1.165, 1.54) is 23.3 Å². The van der Waals surface area contributed by atoms with Crippen LogP contribution in [-0.2, 0) is 15.8 Å². The van der Waals surface area contributed by atoms with Gasteiger partial charge in [0.1, 0.15) is 16.9 Å². The number of carbonyl (C=O) groups excluding carboxylic acids is 1. The first-order valence-electron chi connectivity index (χ1n) is 16.2. The van der Waals surface area contributed by atoms with Gasteiger partial charge in [0.25, 0.3) is 0 Å². The number of aliphatic hydroxyl groups is 1. The Balaban J connectivity index is 1.78. The largest absolute Gasteiger partial charge is 0.504 e. The molecule has 0 aliphatic heterocycles. The van der Waals surface area contributed by atoms with Crippen LogP contribution in [0.25, 0.3) is 11.0 Å². The molecule has 4 aliphatic carbocycles. The molecule has 0 radical (unpaired) electrons. The van der Waals surface area contributed by atoms with E-state index in [0.29, 0.717) is 19.3 Å². The molecule has 6 atom stereocenters. The lowest BCUT2D eigenvalue weighted by Gasteiger charge is -2.69. The number of phenolic OH excluding ortho intramolecular Hbond substituents is 2. The topological polar surface area (TPSA) is 108 Å². The van der Waals surface area contributed by atoms with E-state index in [1.54, 1.807) is 0 Å². The van der Waals surface area contributed by atoms with Crippen molar-refractivity contribution < 1.29 is 24.5 Å². The van der Waals surface area contributed by atoms with Crippen molar-refractivity contribution in [2.24, 2.45) is 28.1 Å². The quantitative estimate of drug-likeness (QED) is 0.242. The van der Waals surface area contributed by atoms with Gasteiger partial charge in [-0.25, -0.2) is 0 Å². The van der Waals surface area contributed by atoms with Crippen molar-refractivity contribution in [3.63, 3.8) is 0 Å². The van der Waals surface area contributed by atoms with Crippen molar-refractivity contribution in [2.75, 3.05) is 0 Å². The molecule has 2 fully saturated rings. The van der Waals surface area contributed by atoms with Crippen molar-refractivity contribution in [1.82, 2.24) is 0 Å². The summed E-state index contributed by atoms with van der Waals surface area (Å²) < 4.78 is 6.70.